The van der Waals surface area contributed by atoms with Crippen LogP contribution in [0, 0.1) is 0 Å². The van der Waals surface area contributed by atoms with Crippen LogP contribution in [0.1, 0.15) is 28.8 Å². The van der Waals surface area contributed by atoms with Crippen molar-refractivity contribution in [1.29, 1.82) is 0 Å². The van der Waals surface area contributed by atoms with Gasteiger partial charge in [-0.2, -0.15) is 0 Å². The number of carbonyl (C=O) groups excluding carboxylic acids is 1. The second-order valence-electron chi connectivity index (χ2n) is 5.00. The van der Waals surface area contributed by atoms with Crippen molar-refractivity contribution in [3.63, 3.8) is 0 Å². The van der Waals surface area contributed by atoms with E-state index in [1.165, 1.54) is 5.56 Å². The molecule has 0 radical (unpaired) electrons. The van der Waals surface area contributed by atoms with Gasteiger partial charge in [0.25, 0.3) is 5.91 Å². The molecule has 18 heavy (non-hydrogen) atoms. The minimum atomic E-state index is 0.0364. The zero-order chi connectivity index (χ0) is 12.5. The predicted molar refractivity (Wildman–Crippen MR) is 69.8 cm³/mol. The molecule has 1 saturated carbocycles. The number of anilines is 1. The Morgan fingerprint density at radius 1 is 1.44 bits per heavy atom. The standard InChI is InChI=1S/C14H18N2O2/c17-8-7-16(12-2-3-12)14(18)11-1-4-13-10(9-11)5-6-15-13/h1,4,9,12,15,17H,2-3,5-8H2. The van der Waals surface area contributed by atoms with Gasteiger partial charge in [0.15, 0.2) is 0 Å². The molecule has 1 aliphatic carbocycles. The third kappa shape index (κ3) is 2.08. The van der Waals surface area contributed by atoms with E-state index in [9.17, 15) is 4.79 Å². The summed E-state index contributed by atoms with van der Waals surface area (Å²) in [5.74, 6) is 0.0567. The van der Waals surface area contributed by atoms with E-state index in [-0.39, 0.29) is 12.5 Å². The van der Waals surface area contributed by atoms with E-state index in [1.807, 2.05) is 23.1 Å². The zero-order valence-corrected chi connectivity index (χ0v) is 10.4. The summed E-state index contributed by atoms with van der Waals surface area (Å²) in [6.45, 7) is 1.43. The second kappa shape index (κ2) is 4.61. The van der Waals surface area contributed by atoms with Crippen LogP contribution in [0.4, 0.5) is 5.69 Å². The molecule has 3 rings (SSSR count). The highest BCUT2D eigenvalue weighted by Gasteiger charge is 2.32. The fourth-order valence-electron chi connectivity index (χ4n) is 2.55. The SMILES string of the molecule is O=C(c1ccc2c(c1)CCN2)N(CCO)C1CC1. The van der Waals surface area contributed by atoms with E-state index < -0.39 is 0 Å². The number of amides is 1. The van der Waals surface area contributed by atoms with Gasteiger partial charge in [0, 0.05) is 30.4 Å². The summed E-state index contributed by atoms with van der Waals surface area (Å²) in [7, 11) is 0. The molecule has 0 spiro atoms. The maximum Gasteiger partial charge on any atom is 0.254 e. The van der Waals surface area contributed by atoms with E-state index in [0.29, 0.717) is 12.6 Å². The van der Waals surface area contributed by atoms with Crippen LogP contribution in [-0.4, -0.2) is 41.7 Å². The van der Waals surface area contributed by atoms with Crippen molar-refractivity contribution in [1.82, 2.24) is 4.90 Å². The van der Waals surface area contributed by atoms with Gasteiger partial charge in [-0.15, -0.1) is 0 Å². The molecular formula is C14H18N2O2. The number of fused-ring (bicyclic) bond motifs is 1. The first-order chi connectivity index (χ1) is 8.79. The molecule has 0 unspecified atom stereocenters. The lowest BCUT2D eigenvalue weighted by molar-refractivity contribution is 0.0707. The number of hydrogen-bond donors (Lipinski definition) is 2. The van der Waals surface area contributed by atoms with E-state index >= 15 is 0 Å². The Hall–Kier alpha value is -1.55. The number of rotatable bonds is 4. The second-order valence-corrected chi connectivity index (χ2v) is 5.00. The Balaban J connectivity index is 1.82. The molecule has 1 amide bonds. The molecule has 4 heteroatoms. The number of nitrogens with zero attached hydrogens (tertiary/aromatic N) is 1. The summed E-state index contributed by atoms with van der Waals surface area (Å²) in [6.07, 6.45) is 3.12. The predicted octanol–water partition coefficient (Wildman–Crippen LogP) is 1.25. The first kappa shape index (κ1) is 11.5. The van der Waals surface area contributed by atoms with Gasteiger partial charge in [-0.1, -0.05) is 0 Å². The largest absolute Gasteiger partial charge is 0.395 e. The number of carbonyl (C=O) groups is 1. The molecule has 1 aliphatic heterocycles. The van der Waals surface area contributed by atoms with Gasteiger partial charge in [-0.05, 0) is 43.0 Å². The van der Waals surface area contributed by atoms with Crippen molar-refractivity contribution < 1.29 is 9.90 Å². The van der Waals surface area contributed by atoms with Crippen LogP contribution >= 0.6 is 0 Å². The molecule has 2 N–H and O–H groups in total. The number of aliphatic hydroxyl groups is 1. The number of aliphatic hydroxyl groups excluding tert-OH is 1. The summed E-state index contributed by atoms with van der Waals surface area (Å²) in [4.78, 5) is 14.2. The van der Waals surface area contributed by atoms with Crippen molar-refractivity contribution in [2.45, 2.75) is 25.3 Å². The fourth-order valence-corrected chi connectivity index (χ4v) is 2.55. The molecule has 2 aliphatic rings. The Bertz CT molecular complexity index is 469. The van der Waals surface area contributed by atoms with Crippen LogP contribution in [-0.2, 0) is 6.42 Å². The molecule has 1 fully saturated rings. The van der Waals surface area contributed by atoms with Crippen LogP contribution in [0.25, 0.3) is 0 Å². The summed E-state index contributed by atoms with van der Waals surface area (Å²) < 4.78 is 0. The smallest absolute Gasteiger partial charge is 0.254 e. The summed E-state index contributed by atoms with van der Waals surface area (Å²) in [5.41, 5.74) is 3.12. The average Bonchev–Trinajstić information content (AvgIpc) is 3.12. The number of hydrogen-bond acceptors (Lipinski definition) is 3. The van der Waals surface area contributed by atoms with Crippen LogP contribution in [0.3, 0.4) is 0 Å². The summed E-state index contributed by atoms with van der Waals surface area (Å²) >= 11 is 0. The Labute approximate surface area is 107 Å². The quantitative estimate of drug-likeness (QED) is 0.840. The maximum absolute atomic E-state index is 12.4. The van der Waals surface area contributed by atoms with Crippen molar-refractivity contribution in [2.75, 3.05) is 25.0 Å². The highest BCUT2D eigenvalue weighted by atomic mass is 16.3. The number of benzene rings is 1. The fraction of sp³-hybridized carbons (Fsp3) is 0.500. The molecule has 4 nitrogen and oxygen atoms in total. The van der Waals surface area contributed by atoms with E-state index in [0.717, 1.165) is 37.1 Å². The Kier molecular flexibility index (Phi) is 2.96. The Morgan fingerprint density at radius 3 is 3.00 bits per heavy atom. The summed E-state index contributed by atoms with van der Waals surface area (Å²) in [6, 6.07) is 6.20. The lowest BCUT2D eigenvalue weighted by Gasteiger charge is -2.21. The molecule has 0 aromatic heterocycles. The third-order valence-corrected chi connectivity index (χ3v) is 3.65. The molecule has 1 aromatic rings. The molecule has 0 bridgehead atoms. The minimum Gasteiger partial charge on any atom is -0.395 e. The first-order valence-electron chi connectivity index (χ1n) is 6.58. The summed E-state index contributed by atoms with van der Waals surface area (Å²) in [5, 5.41) is 12.4. The molecule has 1 heterocycles. The van der Waals surface area contributed by atoms with Crippen molar-refractivity contribution in [3.8, 4) is 0 Å². The van der Waals surface area contributed by atoms with E-state index in [2.05, 4.69) is 5.32 Å². The highest BCUT2D eigenvalue weighted by molar-refractivity contribution is 5.95. The lowest BCUT2D eigenvalue weighted by Crippen LogP contribution is -2.35. The van der Waals surface area contributed by atoms with Gasteiger partial charge >= 0.3 is 0 Å². The zero-order valence-electron chi connectivity index (χ0n) is 10.4. The molecule has 0 saturated heterocycles. The maximum atomic E-state index is 12.4. The molecule has 1 aromatic carbocycles. The van der Waals surface area contributed by atoms with E-state index in [1.54, 1.807) is 0 Å². The van der Waals surface area contributed by atoms with E-state index in [4.69, 9.17) is 5.11 Å². The van der Waals surface area contributed by atoms with Gasteiger partial charge in [-0.3, -0.25) is 4.79 Å². The first-order valence-corrected chi connectivity index (χ1v) is 6.58. The topological polar surface area (TPSA) is 52.6 Å². The van der Waals surface area contributed by atoms with Crippen LogP contribution in [0.15, 0.2) is 18.2 Å². The van der Waals surface area contributed by atoms with Crippen molar-refractivity contribution in [2.24, 2.45) is 0 Å². The molecular weight excluding hydrogens is 228 g/mol. The Morgan fingerprint density at radius 2 is 2.28 bits per heavy atom. The molecule has 0 atom stereocenters. The van der Waals surface area contributed by atoms with Gasteiger partial charge in [-0.25, -0.2) is 0 Å². The average molecular weight is 246 g/mol. The van der Waals surface area contributed by atoms with Crippen molar-refractivity contribution in [3.05, 3.63) is 29.3 Å². The third-order valence-electron chi connectivity index (χ3n) is 3.65. The van der Waals surface area contributed by atoms with Gasteiger partial charge in [0.05, 0.1) is 6.61 Å². The van der Waals surface area contributed by atoms with Crippen LogP contribution < -0.4 is 5.32 Å². The monoisotopic (exact) mass is 246 g/mol. The lowest BCUT2D eigenvalue weighted by atomic mass is 10.1. The van der Waals surface area contributed by atoms with Crippen LogP contribution in [0.2, 0.25) is 0 Å². The minimum absolute atomic E-state index is 0.0364. The van der Waals surface area contributed by atoms with Gasteiger partial charge in [0.2, 0.25) is 0 Å². The highest BCUT2D eigenvalue weighted by Crippen LogP contribution is 2.29. The normalized spacial score (nSPS) is 17.2. The van der Waals surface area contributed by atoms with Gasteiger partial charge < -0.3 is 15.3 Å². The molecule has 96 valence electrons. The van der Waals surface area contributed by atoms with Gasteiger partial charge in [0.1, 0.15) is 0 Å². The number of nitrogens with one attached hydrogen (secondary N) is 1. The van der Waals surface area contributed by atoms with Crippen LogP contribution in [0.5, 0.6) is 0 Å². The van der Waals surface area contributed by atoms with Crippen molar-refractivity contribution >= 4 is 11.6 Å².